The molecule has 2 heterocycles. The van der Waals surface area contributed by atoms with Crippen molar-refractivity contribution in [2.24, 2.45) is 11.8 Å². The lowest BCUT2D eigenvalue weighted by Gasteiger charge is -2.34. The molecule has 6 heteroatoms. The number of nitrogens with one attached hydrogen (secondary N) is 1. The number of carbonyl (C=O) groups excluding carboxylic acids is 1. The van der Waals surface area contributed by atoms with Gasteiger partial charge < -0.3 is 5.32 Å². The lowest BCUT2D eigenvalue weighted by atomic mass is 9.78. The largest absolute Gasteiger partial charge is 0.349 e. The lowest BCUT2D eigenvalue weighted by Crippen LogP contribution is -2.43. The Kier molecular flexibility index (Phi) is 7.42. The van der Waals surface area contributed by atoms with E-state index in [1.165, 1.54) is 24.0 Å². The van der Waals surface area contributed by atoms with Crippen molar-refractivity contribution in [1.82, 2.24) is 19.9 Å². The third-order valence-electron chi connectivity index (χ3n) is 7.50. The fraction of sp³-hybridized carbons (Fsp3) is 0.367. The van der Waals surface area contributed by atoms with E-state index in [0.717, 1.165) is 34.1 Å². The van der Waals surface area contributed by atoms with Gasteiger partial charge in [-0.05, 0) is 60.6 Å². The van der Waals surface area contributed by atoms with Crippen LogP contribution in [0.15, 0.2) is 72.0 Å². The highest BCUT2D eigenvalue weighted by Crippen LogP contribution is 2.30. The highest BCUT2D eigenvalue weighted by Gasteiger charge is 2.28. The number of imidazole rings is 1. The molecule has 1 amide bonds. The molecule has 0 bridgehead atoms. The molecule has 0 spiro atoms. The monoisotopic (exact) mass is 498 g/mol. The summed E-state index contributed by atoms with van der Waals surface area (Å²) in [5.74, 6) is 2.04. The van der Waals surface area contributed by atoms with Crippen molar-refractivity contribution in [2.45, 2.75) is 63.5 Å². The van der Waals surface area contributed by atoms with E-state index in [1.54, 1.807) is 11.8 Å². The second-order valence-corrected chi connectivity index (χ2v) is 11.1. The Morgan fingerprint density at radius 1 is 1.06 bits per heavy atom. The number of fused-ring (bicyclic) bond motifs is 1. The fourth-order valence-corrected chi connectivity index (χ4v) is 6.07. The summed E-state index contributed by atoms with van der Waals surface area (Å²) in [6.45, 7) is 7.33. The minimum Gasteiger partial charge on any atom is -0.349 e. The van der Waals surface area contributed by atoms with Gasteiger partial charge >= 0.3 is 0 Å². The van der Waals surface area contributed by atoms with Crippen LogP contribution in [0.1, 0.15) is 60.2 Å². The van der Waals surface area contributed by atoms with Crippen LogP contribution in [-0.4, -0.2) is 26.5 Å². The van der Waals surface area contributed by atoms with Crippen LogP contribution in [0.25, 0.3) is 11.2 Å². The Bertz CT molecular complexity index is 1350. The first-order valence-corrected chi connectivity index (χ1v) is 13.9. The summed E-state index contributed by atoms with van der Waals surface area (Å²) in [5.41, 5.74) is 6.16. The van der Waals surface area contributed by atoms with Crippen LogP contribution in [0.2, 0.25) is 0 Å². The summed E-state index contributed by atoms with van der Waals surface area (Å²) >= 11 is 1.73. The maximum Gasteiger partial charge on any atom is 0.251 e. The quantitative estimate of drug-likeness (QED) is 0.290. The number of carbonyl (C=O) groups is 1. The normalized spacial score (nSPS) is 19.9. The fourth-order valence-electron chi connectivity index (χ4n) is 5.12. The molecule has 1 saturated carbocycles. The van der Waals surface area contributed by atoms with Gasteiger partial charge in [0.05, 0.1) is 6.54 Å². The Labute approximate surface area is 217 Å². The van der Waals surface area contributed by atoms with Gasteiger partial charge in [-0.2, -0.15) is 0 Å². The van der Waals surface area contributed by atoms with Crippen LogP contribution in [0, 0.1) is 18.8 Å². The maximum absolute atomic E-state index is 12.9. The molecule has 5 rings (SSSR count). The molecule has 5 nitrogen and oxygen atoms in total. The predicted octanol–water partition coefficient (Wildman–Crippen LogP) is 6.63. The number of rotatable bonds is 7. The number of amides is 1. The Balaban J connectivity index is 1.31. The molecule has 4 aromatic rings. The van der Waals surface area contributed by atoms with E-state index in [4.69, 9.17) is 4.98 Å². The molecule has 1 N–H and O–H groups in total. The van der Waals surface area contributed by atoms with E-state index in [1.807, 2.05) is 42.6 Å². The highest BCUT2D eigenvalue weighted by atomic mass is 32.2. The van der Waals surface area contributed by atoms with Gasteiger partial charge in [0.2, 0.25) is 0 Å². The zero-order valence-electron chi connectivity index (χ0n) is 21.3. The molecule has 0 unspecified atom stereocenters. The van der Waals surface area contributed by atoms with Gasteiger partial charge in [-0.1, -0.05) is 80.4 Å². The minimum absolute atomic E-state index is 0.0247. The molecule has 0 aliphatic heterocycles. The van der Waals surface area contributed by atoms with Crippen molar-refractivity contribution in [2.75, 3.05) is 0 Å². The predicted molar refractivity (Wildman–Crippen MR) is 147 cm³/mol. The number of aromatic nitrogens is 3. The van der Waals surface area contributed by atoms with Gasteiger partial charge in [0.25, 0.3) is 5.91 Å². The molecule has 2 aromatic carbocycles. The van der Waals surface area contributed by atoms with Crippen LogP contribution >= 0.6 is 11.8 Å². The second-order valence-electron chi connectivity index (χ2n) is 10.1. The van der Waals surface area contributed by atoms with Gasteiger partial charge in [0.15, 0.2) is 10.8 Å². The van der Waals surface area contributed by atoms with Crippen LogP contribution in [-0.2, 0) is 12.3 Å². The molecule has 186 valence electrons. The number of thioether (sulfide) groups is 1. The molecule has 1 aliphatic carbocycles. The third-order valence-corrected chi connectivity index (χ3v) is 8.55. The average molecular weight is 499 g/mol. The van der Waals surface area contributed by atoms with Crippen LogP contribution in [0.5, 0.6) is 0 Å². The van der Waals surface area contributed by atoms with Crippen LogP contribution in [0.4, 0.5) is 0 Å². The summed E-state index contributed by atoms with van der Waals surface area (Å²) in [7, 11) is 0. The van der Waals surface area contributed by atoms with E-state index in [2.05, 4.69) is 59.9 Å². The third kappa shape index (κ3) is 5.49. The van der Waals surface area contributed by atoms with Gasteiger partial charge in [-0.15, -0.1) is 0 Å². The van der Waals surface area contributed by atoms with Gasteiger partial charge in [0.1, 0.15) is 5.52 Å². The molecule has 2 aromatic heterocycles. The van der Waals surface area contributed by atoms with Crippen LogP contribution < -0.4 is 5.32 Å². The zero-order chi connectivity index (χ0) is 25.1. The Morgan fingerprint density at radius 3 is 2.69 bits per heavy atom. The topological polar surface area (TPSA) is 59.8 Å². The zero-order valence-corrected chi connectivity index (χ0v) is 22.1. The van der Waals surface area contributed by atoms with E-state index in [9.17, 15) is 4.79 Å². The Hall–Kier alpha value is -3.12. The van der Waals surface area contributed by atoms with Crippen molar-refractivity contribution < 1.29 is 4.79 Å². The first-order valence-electron chi connectivity index (χ1n) is 12.9. The van der Waals surface area contributed by atoms with E-state index < -0.39 is 0 Å². The minimum atomic E-state index is 0.0247. The summed E-state index contributed by atoms with van der Waals surface area (Å²) in [6.07, 6.45) is 5.33. The number of hydrogen-bond acceptors (Lipinski definition) is 4. The number of benzene rings is 2. The molecule has 0 radical (unpaired) electrons. The lowest BCUT2D eigenvalue weighted by molar-refractivity contribution is 0.0891. The van der Waals surface area contributed by atoms with Gasteiger partial charge in [-0.25, -0.2) is 9.97 Å². The summed E-state index contributed by atoms with van der Waals surface area (Å²) in [4.78, 5) is 22.4. The van der Waals surface area contributed by atoms with E-state index in [0.29, 0.717) is 23.9 Å². The molecule has 0 saturated heterocycles. The highest BCUT2D eigenvalue weighted by molar-refractivity contribution is 7.98. The van der Waals surface area contributed by atoms with E-state index in [-0.39, 0.29) is 11.9 Å². The van der Waals surface area contributed by atoms with Crippen molar-refractivity contribution in [3.63, 3.8) is 0 Å². The van der Waals surface area contributed by atoms with Crippen LogP contribution in [0.3, 0.4) is 0 Å². The van der Waals surface area contributed by atoms with Crippen molar-refractivity contribution in [1.29, 1.82) is 0 Å². The summed E-state index contributed by atoms with van der Waals surface area (Å²) in [5, 5.41) is 4.23. The van der Waals surface area contributed by atoms with Crippen molar-refractivity contribution in [3.05, 3.63) is 89.1 Å². The summed E-state index contributed by atoms with van der Waals surface area (Å²) in [6, 6.07) is 20.8. The molecule has 36 heavy (non-hydrogen) atoms. The molecule has 3 atom stereocenters. The van der Waals surface area contributed by atoms with E-state index >= 15 is 0 Å². The molecule has 1 aliphatic rings. The average Bonchev–Trinajstić information content (AvgIpc) is 3.23. The first-order chi connectivity index (χ1) is 17.5. The van der Waals surface area contributed by atoms with Crippen molar-refractivity contribution in [3.8, 4) is 0 Å². The number of hydrogen-bond donors (Lipinski definition) is 1. The standard InChI is InChI=1S/C30H34N4OS/c1-20-7-4-9-24(17-20)19-36-30-33-27-11-6-16-31-28(27)34(30)18-23-12-14-25(15-13-23)29(35)32-26-10-5-8-21(2)22(26)3/h4,6-7,9,11-17,21-22,26H,5,8,10,18-19H2,1-3H3,(H,32,35)/t21-,22-,26+/m0/s1. The second kappa shape index (κ2) is 10.9. The summed E-state index contributed by atoms with van der Waals surface area (Å²) < 4.78 is 2.18. The Morgan fingerprint density at radius 2 is 1.89 bits per heavy atom. The molecular formula is C30H34N4OS. The first kappa shape index (κ1) is 24.6. The maximum atomic E-state index is 12.9. The van der Waals surface area contributed by atoms with Gasteiger partial charge in [0, 0.05) is 23.6 Å². The molecule has 1 fully saturated rings. The number of pyridine rings is 1. The number of aryl methyl sites for hydroxylation is 1. The van der Waals surface area contributed by atoms with Gasteiger partial charge in [-0.3, -0.25) is 9.36 Å². The van der Waals surface area contributed by atoms with Crippen molar-refractivity contribution >= 4 is 28.8 Å². The SMILES string of the molecule is Cc1cccc(CSc2nc3cccnc3n2Cc2ccc(C(=O)N[C@@H]3CCC[C@H](C)[C@@H]3C)cc2)c1. The number of nitrogens with zero attached hydrogens (tertiary/aromatic N) is 3. The smallest absolute Gasteiger partial charge is 0.251 e. The molecular weight excluding hydrogens is 464 g/mol.